The molecule has 0 bridgehead atoms. The van der Waals surface area contributed by atoms with Crippen molar-refractivity contribution < 1.29 is 0 Å². The average molecular weight is 367 g/mol. The maximum atomic E-state index is 4.50. The fraction of sp³-hybridized carbons (Fsp3) is 0.192. The summed E-state index contributed by atoms with van der Waals surface area (Å²) in [5, 5.41) is 6.94. The number of benzene rings is 3. The standard InChI is InChI=1S/C26H26N2/c1-26(2,3)23-14-12-21(16-23)25-11-7-6-10-22(25)18-27-28-24-15-13-19-8-4-5-9-20(19)17-24/h4-11,13-18,28H,12H2,1-3H3/b27-18+. The van der Waals surface area contributed by atoms with Crippen molar-refractivity contribution in [2.75, 3.05) is 5.43 Å². The van der Waals surface area contributed by atoms with Gasteiger partial charge in [-0.2, -0.15) is 5.10 Å². The molecule has 0 aliphatic heterocycles. The molecule has 28 heavy (non-hydrogen) atoms. The van der Waals surface area contributed by atoms with Gasteiger partial charge in [-0.15, -0.1) is 0 Å². The van der Waals surface area contributed by atoms with Crippen LogP contribution in [0.15, 0.2) is 89.6 Å². The third-order valence-electron chi connectivity index (χ3n) is 5.19. The van der Waals surface area contributed by atoms with E-state index >= 15 is 0 Å². The van der Waals surface area contributed by atoms with Gasteiger partial charge >= 0.3 is 0 Å². The molecular formula is C26H26N2. The van der Waals surface area contributed by atoms with Crippen molar-refractivity contribution in [1.29, 1.82) is 0 Å². The monoisotopic (exact) mass is 366 g/mol. The SMILES string of the molecule is CC(C)(C)C1=CCC(c2ccccc2/C=N/Nc2ccc3ccccc3c2)=C1. The molecule has 0 unspecified atom stereocenters. The lowest BCUT2D eigenvalue weighted by Crippen LogP contribution is -2.05. The highest BCUT2D eigenvalue weighted by Crippen LogP contribution is 2.37. The number of hydrogen-bond donors (Lipinski definition) is 1. The normalized spacial score (nSPS) is 14.4. The van der Waals surface area contributed by atoms with E-state index in [2.05, 4.69) is 110 Å². The van der Waals surface area contributed by atoms with E-state index in [0.29, 0.717) is 0 Å². The molecular weight excluding hydrogens is 340 g/mol. The summed E-state index contributed by atoms with van der Waals surface area (Å²) in [6.07, 6.45) is 7.58. The smallest absolute Gasteiger partial charge is 0.0568 e. The van der Waals surface area contributed by atoms with Crippen molar-refractivity contribution in [2.45, 2.75) is 27.2 Å². The van der Waals surface area contributed by atoms with Gasteiger partial charge in [-0.1, -0.05) is 87.5 Å². The summed E-state index contributed by atoms with van der Waals surface area (Å²) in [4.78, 5) is 0. The molecule has 0 heterocycles. The van der Waals surface area contributed by atoms with Gasteiger partial charge in [0.2, 0.25) is 0 Å². The van der Waals surface area contributed by atoms with Crippen LogP contribution in [0.5, 0.6) is 0 Å². The van der Waals surface area contributed by atoms with Gasteiger partial charge in [0.1, 0.15) is 0 Å². The first kappa shape index (κ1) is 18.2. The van der Waals surface area contributed by atoms with E-state index in [1.165, 1.54) is 27.5 Å². The largest absolute Gasteiger partial charge is 0.278 e. The summed E-state index contributed by atoms with van der Waals surface area (Å²) in [7, 11) is 0. The van der Waals surface area contributed by atoms with Crippen molar-refractivity contribution in [3.8, 4) is 0 Å². The number of nitrogens with zero attached hydrogens (tertiary/aromatic N) is 1. The fourth-order valence-corrected chi connectivity index (χ4v) is 3.57. The third-order valence-corrected chi connectivity index (χ3v) is 5.19. The van der Waals surface area contributed by atoms with Gasteiger partial charge in [-0.25, -0.2) is 0 Å². The molecule has 0 saturated carbocycles. The van der Waals surface area contributed by atoms with Crippen LogP contribution in [0.25, 0.3) is 16.3 Å². The molecule has 140 valence electrons. The average Bonchev–Trinajstić information content (AvgIpc) is 3.19. The topological polar surface area (TPSA) is 24.4 Å². The maximum absolute atomic E-state index is 4.50. The van der Waals surface area contributed by atoms with Gasteiger partial charge in [0.05, 0.1) is 11.9 Å². The lowest BCUT2D eigenvalue weighted by Gasteiger charge is -2.18. The Morgan fingerprint density at radius 1 is 0.893 bits per heavy atom. The highest BCUT2D eigenvalue weighted by Gasteiger charge is 2.20. The molecule has 3 aromatic carbocycles. The van der Waals surface area contributed by atoms with Gasteiger partial charge < -0.3 is 0 Å². The van der Waals surface area contributed by atoms with Crippen LogP contribution in [0.3, 0.4) is 0 Å². The molecule has 0 radical (unpaired) electrons. The summed E-state index contributed by atoms with van der Waals surface area (Å²) >= 11 is 0. The Bertz CT molecular complexity index is 1090. The summed E-state index contributed by atoms with van der Waals surface area (Å²) in [5.41, 5.74) is 9.49. The lowest BCUT2D eigenvalue weighted by molar-refractivity contribution is 0.518. The van der Waals surface area contributed by atoms with Gasteiger partial charge in [-0.05, 0) is 51.5 Å². The fourth-order valence-electron chi connectivity index (χ4n) is 3.57. The third kappa shape index (κ3) is 3.91. The number of hydrazone groups is 1. The quantitative estimate of drug-likeness (QED) is 0.388. The minimum atomic E-state index is 0.183. The first-order valence-electron chi connectivity index (χ1n) is 9.79. The van der Waals surface area contributed by atoms with Crippen LogP contribution in [0.4, 0.5) is 5.69 Å². The summed E-state index contributed by atoms with van der Waals surface area (Å²) in [6.45, 7) is 6.79. The molecule has 2 heteroatoms. The van der Waals surface area contributed by atoms with Crippen LogP contribution in [0.2, 0.25) is 0 Å². The van der Waals surface area contributed by atoms with Crippen molar-refractivity contribution >= 4 is 28.2 Å². The zero-order chi connectivity index (χ0) is 19.6. The van der Waals surface area contributed by atoms with E-state index in [1.807, 2.05) is 6.21 Å². The molecule has 0 saturated heterocycles. The number of allylic oxidation sites excluding steroid dienone is 4. The van der Waals surface area contributed by atoms with Gasteiger partial charge in [0, 0.05) is 5.56 Å². The molecule has 1 N–H and O–H groups in total. The second-order valence-electron chi connectivity index (χ2n) is 8.30. The van der Waals surface area contributed by atoms with Crippen LogP contribution in [-0.4, -0.2) is 6.21 Å². The molecule has 0 spiro atoms. The van der Waals surface area contributed by atoms with Crippen molar-refractivity contribution in [2.24, 2.45) is 10.5 Å². The van der Waals surface area contributed by atoms with Crippen molar-refractivity contribution in [3.05, 3.63) is 95.6 Å². The molecule has 0 fully saturated rings. The maximum Gasteiger partial charge on any atom is 0.0568 e. The van der Waals surface area contributed by atoms with Crippen LogP contribution in [-0.2, 0) is 0 Å². The Balaban J connectivity index is 1.54. The van der Waals surface area contributed by atoms with E-state index in [0.717, 1.165) is 17.7 Å². The Morgan fingerprint density at radius 3 is 2.43 bits per heavy atom. The molecule has 4 rings (SSSR count). The minimum Gasteiger partial charge on any atom is -0.278 e. The second kappa shape index (κ2) is 7.47. The summed E-state index contributed by atoms with van der Waals surface area (Å²) in [6, 6.07) is 23.1. The Kier molecular flexibility index (Phi) is 4.87. The number of nitrogens with one attached hydrogen (secondary N) is 1. The first-order chi connectivity index (χ1) is 13.5. The van der Waals surface area contributed by atoms with Gasteiger partial charge in [-0.3, -0.25) is 5.43 Å². The molecule has 0 aromatic heterocycles. The summed E-state index contributed by atoms with van der Waals surface area (Å²) < 4.78 is 0. The number of rotatable bonds is 4. The molecule has 0 atom stereocenters. The van der Waals surface area contributed by atoms with Crippen LogP contribution in [0, 0.1) is 5.41 Å². The van der Waals surface area contributed by atoms with E-state index in [4.69, 9.17) is 0 Å². The van der Waals surface area contributed by atoms with Crippen LogP contribution in [0.1, 0.15) is 38.3 Å². The van der Waals surface area contributed by atoms with Gasteiger partial charge in [0.15, 0.2) is 0 Å². The first-order valence-corrected chi connectivity index (χ1v) is 9.79. The van der Waals surface area contributed by atoms with E-state index in [9.17, 15) is 0 Å². The Labute approximate surface area is 167 Å². The molecule has 2 nitrogen and oxygen atoms in total. The van der Waals surface area contributed by atoms with Crippen LogP contribution >= 0.6 is 0 Å². The predicted molar refractivity (Wildman–Crippen MR) is 122 cm³/mol. The molecule has 3 aromatic rings. The highest BCUT2D eigenvalue weighted by atomic mass is 15.3. The van der Waals surface area contributed by atoms with Gasteiger partial charge in [0.25, 0.3) is 0 Å². The van der Waals surface area contributed by atoms with Crippen molar-refractivity contribution in [3.63, 3.8) is 0 Å². The number of anilines is 1. The molecule has 1 aliphatic rings. The molecule has 0 amide bonds. The highest BCUT2D eigenvalue weighted by molar-refractivity contribution is 5.90. The zero-order valence-electron chi connectivity index (χ0n) is 16.7. The zero-order valence-corrected chi connectivity index (χ0v) is 16.7. The summed E-state index contributed by atoms with van der Waals surface area (Å²) in [5.74, 6) is 0. The molecule has 1 aliphatic carbocycles. The minimum absolute atomic E-state index is 0.183. The number of fused-ring (bicyclic) bond motifs is 1. The Hall–Kier alpha value is -3.13. The van der Waals surface area contributed by atoms with E-state index in [-0.39, 0.29) is 5.41 Å². The number of hydrogen-bond acceptors (Lipinski definition) is 2. The van der Waals surface area contributed by atoms with E-state index in [1.54, 1.807) is 0 Å². The van der Waals surface area contributed by atoms with E-state index < -0.39 is 0 Å². The lowest BCUT2D eigenvalue weighted by atomic mass is 9.87. The second-order valence-corrected chi connectivity index (χ2v) is 8.30. The predicted octanol–water partition coefficient (Wildman–Crippen LogP) is 7.05. The van der Waals surface area contributed by atoms with Crippen LogP contribution < -0.4 is 5.43 Å². The Morgan fingerprint density at radius 2 is 1.64 bits per heavy atom. The van der Waals surface area contributed by atoms with Crippen molar-refractivity contribution in [1.82, 2.24) is 0 Å².